The smallest absolute Gasteiger partial charge is 0.264 e. The molecule has 2 amide bonds. The standard InChI is InChI=1S/C26H28N4O2S/c1-17-7-8-18(2)20(15-17)16-28-10-12-29(13-11-28)22-6-4-5-21-23(22)26(32)30(25(21)31)19(3)24-27-9-14-33-24/h4-9,14-15,19H,10-13,16H2,1-3H3/t19-/m0/s1. The normalized spacial score (nSPS) is 17.5. The van der Waals surface area contributed by atoms with Crippen LogP contribution in [0.15, 0.2) is 48.0 Å². The van der Waals surface area contributed by atoms with Crippen LogP contribution in [0.3, 0.4) is 0 Å². The van der Waals surface area contributed by atoms with Crippen LogP contribution in [0.25, 0.3) is 0 Å². The second-order valence-corrected chi connectivity index (χ2v) is 9.85. The van der Waals surface area contributed by atoms with Crippen molar-refractivity contribution in [3.05, 3.63) is 80.8 Å². The predicted molar refractivity (Wildman–Crippen MR) is 131 cm³/mol. The first kappa shape index (κ1) is 21.8. The number of carbonyl (C=O) groups excluding carboxylic acids is 2. The molecular formula is C26H28N4O2S. The van der Waals surface area contributed by atoms with Gasteiger partial charge in [0, 0.05) is 44.3 Å². The lowest BCUT2D eigenvalue weighted by Gasteiger charge is -2.37. The van der Waals surface area contributed by atoms with E-state index in [4.69, 9.17) is 0 Å². The summed E-state index contributed by atoms with van der Waals surface area (Å²) in [5, 5.41) is 2.64. The minimum Gasteiger partial charge on any atom is -0.368 e. The Bertz CT molecular complexity index is 1200. The molecule has 1 aromatic heterocycles. The van der Waals surface area contributed by atoms with Gasteiger partial charge in [0.05, 0.1) is 22.9 Å². The number of anilines is 1. The third-order valence-corrected chi connectivity index (χ3v) is 7.68. The van der Waals surface area contributed by atoms with Gasteiger partial charge in [0.2, 0.25) is 0 Å². The number of amides is 2. The molecule has 1 saturated heterocycles. The van der Waals surface area contributed by atoms with E-state index in [1.807, 2.05) is 24.4 Å². The quantitative estimate of drug-likeness (QED) is 0.527. The van der Waals surface area contributed by atoms with Crippen LogP contribution in [-0.4, -0.2) is 52.8 Å². The molecule has 3 aromatic rings. The summed E-state index contributed by atoms with van der Waals surface area (Å²) in [6.07, 6.45) is 1.71. The first-order valence-electron chi connectivity index (χ1n) is 11.4. The van der Waals surface area contributed by atoms with E-state index >= 15 is 0 Å². The number of hydrogen-bond donors (Lipinski definition) is 0. The molecule has 2 aliphatic heterocycles. The lowest BCUT2D eigenvalue weighted by Crippen LogP contribution is -2.46. The van der Waals surface area contributed by atoms with Gasteiger partial charge in [-0.15, -0.1) is 11.3 Å². The number of aryl methyl sites for hydroxylation is 2. The Labute approximate surface area is 198 Å². The molecular weight excluding hydrogens is 432 g/mol. The van der Waals surface area contributed by atoms with Gasteiger partial charge in [0.25, 0.3) is 11.8 Å². The zero-order valence-electron chi connectivity index (χ0n) is 19.2. The van der Waals surface area contributed by atoms with Crippen molar-refractivity contribution >= 4 is 28.8 Å². The van der Waals surface area contributed by atoms with E-state index in [9.17, 15) is 9.59 Å². The van der Waals surface area contributed by atoms with Gasteiger partial charge < -0.3 is 4.90 Å². The largest absolute Gasteiger partial charge is 0.368 e. The number of thiazole rings is 1. The van der Waals surface area contributed by atoms with Gasteiger partial charge in [0.1, 0.15) is 5.01 Å². The van der Waals surface area contributed by atoms with Gasteiger partial charge in [-0.05, 0) is 44.0 Å². The highest BCUT2D eigenvalue weighted by molar-refractivity contribution is 7.09. The van der Waals surface area contributed by atoms with Gasteiger partial charge in [-0.2, -0.15) is 0 Å². The van der Waals surface area contributed by atoms with Crippen LogP contribution in [0, 0.1) is 13.8 Å². The average Bonchev–Trinajstić information content (AvgIpc) is 3.44. The summed E-state index contributed by atoms with van der Waals surface area (Å²) in [6, 6.07) is 11.9. The topological polar surface area (TPSA) is 56.8 Å². The molecule has 7 heteroatoms. The van der Waals surface area contributed by atoms with Crippen molar-refractivity contribution in [3.63, 3.8) is 0 Å². The van der Waals surface area contributed by atoms with Crippen LogP contribution in [0.5, 0.6) is 0 Å². The van der Waals surface area contributed by atoms with E-state index < -0.39 is 0 Å². The van der Waals surface area contributed by atoms with Gasteiger partial charge >= 0.3 is 0 Å². The Morgan fingerprint density at radius 1 is 1.03 bits per heavy atom. The third kappa shape index (κ3) is 3.96. The molecule has 6 nitrogen and oxygen atoms in total. The molecule has 0 N–H and O–H groups in total. The molecule has 0 unspecified atom stereocenters. The van der Waals surface area contributed by atoms with Crippen molar-refractivity contribution in [3.8, 4) is 0 Å². The maximum Gasteiger partial charge on any atom is 0.264 e. The van der Waals surface area contributed by atoms with Crippen molar-refractivity contribution in [2.45, 2.75) is 33.4 Å². The molecule has 170 valence electrons. The minimum atomic E-state index is -0.375. The van der Waals surface area contributed by atoms with Crippen molar-refractivity contribution in [2.75, 3.05) is 31.1 Å². The Balaban J connectivity index is 1.33. The monoisotopic (exact) mass is 460 g/mol. The van der Waals surface area contributed by atoms with Crippen molar-refractivity contribution in [1.29, 1.82) is 0 Å². The van der Waals surface area contributed by atoms with Gasteiger partial charge in [-0.25, -0.2) is 4.98 Å². The van der Waals surface area contributed by atoms with Crippen LogP contribution >= 0.6 is 11.3 Å². The SMILES string of the molecule is Cc1ccc(C)c(CN2CCN(c3cccc4c3C(=O)N([C@@H](C)c3nccs3)C4=O)CC2)c1. The second kappa shape index (κ2) is 8.72. The summed E-state index contributed by atoms with van der Waals surface area (Å²) < 4.78 is 0. The molecule has 0 aliphatic carbocycles. The van der Waals surface area contributed by atoms with E-state index in [0.29, 0.717) is 11.1 Å². The maximum absolute atomic E-state index is 13.4. The van der Waals surface area contributed by atoms with Crippen molar-refractivity contribution in [1.82, 2.24) is 14.8 Å². The zero-order chi connectivity index (χ0) is 23.1. The molecule has 33 heavy (non-hydrogen) atoms. The molecule has 1 fully saturated rings. The maximum atomic E-state index is 13.4. The molecule has 2 aliphatic rings. The molecule has 0 saturated carbocycles. The minimum absolute atomic E-state index is 0.217. The molecule has 0 bridgehead atoms. The van der Waals surface area contributed by atoms with Crippen LogP contribution in [0.1, 0.15) is 55.4 Å². The van der Waals surface area contributed by atoms with Crippen molar-refractivity contribution < 1.29 is 9.59 Å². The number of piperazine rings is 1. The Morgan fingerprint density at radius 2 is 1.82 bits per heavy atom. The van der Waals surface area contributed by atoms with E-state index in [1.165, 1.54) is 32.9 Å². The zero-order valence-corrected chi connectivity index (χ0v) is 20.1. The van der Waals surface area contributed by atoms with E-state index in [0.717, 1.165) is 43.4 Å². The number of fused-ring (bicyclic) bond motifs is 1. The van der Waals surface area contributed by atoms with Gasteiger partial charge in [-0.3, -0.25) is 19.4 Å². The van der Waals surface area contributed by atoms with E-state index in [-0.39, 0.29) is 17.9 Å². The fraction of sp³-hybridized carbons (Fsp3) is 0.346. The van der Waals surface area contributed by atoms with Crippen LogP contribution in [-0.2, 0) is 6.54 Å². The highest BCUT2D eigenvalue weighted by Gasteiger charge is 2.42. The Morgan fingerprint density at radius 3 is 2.55 bits per heavy atom. The second-order valence-electron chi connectivity index (χ2n) is 8.92. The number of aromatic nitrogens is 1. The fourth-order valence-electron chi connectivity index (χ4n) is 4.81. The third-order valence-electron chi connectivity index (χ3n) is 6.73. The van der Waals surface area contributed by atoms with Gasteiger partial charge in [0.15, 0.2) is 0 Å². The molecule has 1 atom stereocenters. The summed E-state index contributed by atoms with van der Waals surface area (Å²) in [6.45, 7) is 10.6. The molecule has 3 heterocycles. The molecule has 2 aromatic carbocycles. The van der Waals surface area contributed by atoms with Crippen LogP contribution in [0.2, 0.25) is 0 Å². The van der Waals surface area contributed by atoms with Crippen LogP contribution in [0.4, 0.5) is 5.69 Å². The summed E-state index contributed by atoms with van der Waals surface area (Å²) in [5.74, 6) is -0.445. The number of rotatable bonds is 5. The lowest BCUT2D eigenvalue weighted by molar-refractivity contribution is 0.0595. The van der Waals surface area contributed by atoms with E-state index in [1.54, 1.807) is 12.3 Å². The molecule has 0 spiro atoms. The molecule has 0 radical (unpaired) electrons. The number of carbonyl (C=O) groups is 2. The highest BCUT2D eigenvalue weighted by Crippen LogP contribution is 2.37. The highest BCUT2D eigenvalue weighted by atomic mass is 32.1. The lowest BCUT2D eigenvalue weighted by atomic mass is 10.0. The first-order valence-corrected chi connectivity index (χ1v) is 12.3. The van der Waals surface area contributed by atoms with Gasteiger partial charge in [-0.1, -0.05) is 29.8 Å². The number of benzene rings is 2. The van der Waals surface area contributed by atoms with Crippen LogP contribution < -0.4 is 4.90 Å². The number of hydrogen-bond acceptors (Lipinski definition) is 6. The average molecular weight is 461 g/mol. The summed E-state index contributed by atoms with van der Waals surface area (Å²) in [5.41, 5.74) is 5.88. The molecule has 5 rings (SSSR count). The Kier molecular flexibility index (Phi) is 5.76. The number of imide groups is 1. The fourth-order valence-corrected chi connectivity index (χ4v) is 5.50. The number of nitrogens with zero attached hydrogens (tertiary/aromatic N) is 4. The summed E-state index contributed by atoms with van der Waals surface area (Å²) in [4.78, 5) is 37.0. The summed E-state index contributed by atoms with van der Waals surface area (Å²) in [7, 11) is 0. The van der Waals surface area contributed by atoms with Crippen molar-refractivity contribution in [2.24, 2.45) is 0 Å². The summed E-state index contributed by atoms with van der Waals surface area (Å²) >= 11 is 1.46. The first-order chi connectivity index (χ1) is 15.9. The Hall–Kier alpha value is -3.03. The van der Waals surface area contributed by atoms with E-state index in [2.05, 4.69) is 46.8 Å². The predicted octanol–water partition coefficient (Wildman–Crippen LogP) is 4.44.